The summed E-state index contributed by atoms with van der Waals surface area (Å²) in [5.74, 6) is 0. The molecular weight excluding hydrogens is 703 g/mol. The van der Waals surface area contributed by atoms with Gasteiger partial charge in [-0.05, 0) is 109 Å². The predicted molar refractivity (Wildman–Crippen MR) is 245 cm³/mol. The average molecular weight is 740 g/mol. The molecule has 0 aliphatic carbocycles. The van der Waals surface area contributed by atoms with Gasteiger partial charge in [0.25, 0.3) is 0 Å². The second-order valence-electron chi connectivity index (χ2n) is 14.9. The first-order valence-electron chi connectivity index (χ1n) is 19.8. The summed E-state index contributed by atoms with van der Waals surface area (Å²) in [6, 6.07) is 80.6. The lowest BCUT2D eigenvalue weighted by atomic mass is 9.97. The summed E-state index contributed by atoms with van der Waals surface area (Å²) < 4.78 is 6.41. The molecule has 0 amide bonds. The third-order valence-electron chi connectivity index (χ3n) is 11.5. The molecule has 2 nitrogen and oxygen atoms in total. The van der Waals surface area contributed by atoms with Crippen LogP contribution in [-0.4, -0.2) is 0 Å². The zero-order valence-corrected chi connectivity index (χ0v) is 31.7. The molecule has 1 heterocycles. The summed E-state index contributed by atoms with van der Waals surface area (Å²) in [6.07, 6.45) is 0. The Morgan fingerprint density at radius 2 is 0.707 bits per heavy atom. The van der Waals surface area contributed by atoms with E-state index in [0.717, 1.165) is 61.3 Å². The highest BCUT2D eigenvalue weighted by Gasteiger charge is 2.16. The van der Waals surface area contributed by atoms with E-state index < -0.39 is 0 Å². The van der Waals surface area contributed by atoms with Crippen LogP contribution in [0.3, 0.4) is 0 Å². The first kappa shape index (κ1) is 33.6. The van der Waals surface area contributed by atoms with Gasteiger partial charge >= 0.3 is 0 Å². The summed E-state index contributed by atoms with van der Waals surface area (Å²) in [6.45, 7) is 0. The second-order valence-corrected chi connectivity index (χ2v) is 14.9. The molecular formula is C56H37NO. The van der Waals surface area contributed by atoms with Crippen molar-refractivity contribution in [1.82, 2.24) is 0 Å². The molecule has 1 aromatic heterocycles. The van der Waals surface area contributed by atoms with E-state index in [1.54, 1.807) is 0 Å². The summed E-state index contributed by atoms with van der Waals surface area (Å²) in [5.41, 5.74) is 14.5. The monoisotopic (exact) mass is 739 g/mol. The van der Waals surface area contributed by atoms with Crippen LogP contribution in [0.2, 0.25) is 0 Å². The Morgan fingerprint density at radius 1 is 0.276 bits per heavy atom. The lowest BCUT2D eigenvalue weighted by molar-refractivity contribution is 0.670. The molecule has 0 aliphatic rings. The minimum absolute atomic E-state index is 0.910. The molecule has 0 unspecified atom stereocenters. The van der Waals surface area contributed by atoms with Gasteiger partial charge in [-0.3, -0.25) is 0 Å². The van der Waals surface area contributed by atoms with Crippen molar-refractivity contribution in [3.8, 4) is 44.5 Å². The van der Waals surface area contributed by atoms with Gasteiger partial charge in [0.1, 0.15) is 11.2 Å². The molecule has 272 valence electrons. The van der Waals surface area contributed by atoms with Gasteiger partial charge in [-0.1, -0.05) is 176 Å². The van der Waals surface area contributed by atoms with E-state index in [1.165, 1.54) is 43.8 Å². The average Bonchev–Trinajstić information content (AvgIpc) is 3.69. The van der Waals surface area contributed by atoms with Gasteiger partial charge in [0.05, 0.1) is 0 Å². The van der Waals surface area contributed by atoms with E-state index in [9.17, 15) is 0 Å². The van der Waals surface area contributed by atoms with E-state index >= 15 is 0 Å². The molecule has 0 bridgehead atoms. The lowest BCUT2D eigenvalue weighted by Gasteiger charge is -2.26. The maximum atomic E-state index is 6.41. The molecule has 58 heavy (non-hydrogen) atoms. The standard InChI is InChI=1S/C56H37NO/c1-3-17-48-39(11-1)13-8-20-50(48)41-27-33-46(34-28-41)57(47-35-29-42(30-36-47)51-21-9-14-40-12-2-4-18-49(40)51)45-31-25-38(26-32-45)43-15-7-16-44(37-43)52-22-10-23-54-53-19-5-6-24-55(53)58-56(52)54/h1-37H. The summed E-state index contributed by atoms with van der Waals surface area (Å²) in [4.78, 5) is 2.35. The Kier molecular flexibility index (Phi) is 8.19. The van der Waals surface area contributed by atoms with Crippen LogP contribution in [0.4, 0.5) is 17.1 Å². The van der Waals surface area contributed by atoms with Crippen LogP contribution in [0.15, 0.2) is 229 Å². The molecule has 0 N–H and O–H groups in total. The highest BCUT2D eigenvalue weighted by Crippen LogP contribution is 2.41. The number of hydrogen-bond donors (Lipinski definition) is 0. The van der Waals surface area contributed by atoms with Crippen LogP contribution in [0.25, 0.3) is 88.0 Å². The topological polar surface area (TPSA) is 16.4 Å². The third kappa shape index (κ3) is 5.91. The van der Waals surface area contributed by atoms with Crippen molar-refractivity contribution in [2.75, 3.05) is 4.90 Å². The van der Waals surface area contributed by atoms with Crippen LogP contribution in [0, 0.1) is 0 Å². The molecule has 0 saturated carbocycles. The van der Waals surface area contributed by atoms with E-state index in [2.05, 4.69) is 217 Å². The summed E-state index contributed by atoms with van der Waals surface area (Å²) in [7, 11) is 0. The van der Waals surface area contributed by atoms with Crippen molar-refractivity contribution >= 4 is 60.5 Å². The van der Waals surface area contributed by atoms with Gasteiger partial charge in [-0.15, -0.1) is 0 Å². The predicted octanol–water partition coefficient (Wildman–Crippen LogP) is 16.0. The van der Waals surface area contributed by atoms with E-state index in [-0.39, 0.29) is 0 Å². The maximum absolute atomic E-state index is 6.41. The number of nitrogens with zero attached hydrogens (tertiary/aromatic N) is 1. The van der Waals surface area contributed by atoms with Gasteiger partial charge in [-0.25, -0.2) is 0 Å². The number of fused-ring (bicyclic) bond motifs is 5. The molecule has 2 heteroatoms. The van der Waals surface area contributed by atoms with Crippen LogP contribution in [0.1, 0.15) is 0 Å². The van der Waals surface area contributed by atoms with Gasteiger partial charge in [0, 0.05) is 33.4 Å². The molecule has 0 spiro atoms. The number of hydrogen-bond acceptors (Lipinski definition) is 2. The fourth-order valence-corrected chi connectivity index (χ4v) is 8.63. The normalized spacial score (nSPS) is 11.4. The number of para-hydroxylation sites is 2. The minimum Gasteiger partial charge on any atom is -0.455 e. The van der Waals surface area contributed by atoms with Crippen molar-refractivity contribution < 1.29 is 4.42 Å². The fourth-order valence-electron chi connectivity index (χ4n) is 8.63. The van der Waals surface area contributed by atoms with Gasteiger partial charge < -0.3 is 9.32 Å². The number of furan rings is 1. The smallest absolute Gasteiger partial charge is 0.143 e. The number of anilines is 3. The third-order valence-corrected chi connectivity index (χ3v) is 11.5. The summed E-state index contributed by atoms with van der Waals surface area (Å²) in [5, 5.41) is 7.28. The van der Waals surface area contributed by atoms with Crippen LogP contribution >= 0.6 is 0 Å². The minimum atomic E-state index is 0.910. The molecule has 0 saturated heterocycles. The molecule has 0 atom stereocenters. The van der Waals surface area contributed by atoms with Crippen LogP contribution in [0.5, 0.6) is 0 Å². The van der Waals surface area contributed by atoms with Crippen molar-refractivity contribution in [2.45, 2.75) is 0 Å². The Labute approximate surface area is 337 Å². The SMILES string of the molecule is c1cc(-c2ccc(N(c3ccc(-c4cccc5ccccc45)cc3)c3ccc(-c4cccc5ccccc45)cc3)cc2)cc(-c2cccc3c2oc2ccccc23)c1. The first-order chi connectivity index (χ1) is 28.7. The van der Waals surface area contributed by atoms with Crippen molar-refractivity contribution in [2.24, 2.45) is 0 Å². The Bertz CT molecular complexity index is 3130. The largest absolute Gasteiger partial charge is 0.455 e. The van der Waals surface area contributed by atoms with Crippen molar-refractivity contribution in [3.05, 3.63) is 224 Å². The van der Waals surface area contributed by atoms with Gasteiger partial charge in [0.15, 0.2) is 0 Å². The zero-order chi connectivity index (χ0) is 38.4. The molecule has 0 radical (unpaired) electrons. The van der Waals surface area contributed by atoms with E-state index in [1.807, 2.05) is 12.1 Å². The Hall–Kier alpha value is -7.68. The van der Waals surface area contributed by atoms with E-state index in [4.69, 9.17) is 4.42 Å². The zero-order valence-electron chi connectivity index (χ0n) is 31.7. The molecule has 11 aromatic rings. The lowest BCUT2D eigenvalue weighted by Crippen LogP contribution is -2.09. The number of benzene rings is 10. The van der Waals surface area contributed by atoms with Crippen molar-refractivity contribution in [3.63, 3.8) is 0 Å². The summed E-state index contributed by atoms with van der Waals surface area (Å²) >= 11 is 0. The van der Waals surface area contributed by atoms with E-state index in [0.29, 0.717) is 0 Å². The highest BCUT2D eigenvalue weighted by molar-refractivity contribution is 6.09. The first-order valence-corrected chi connectivity index (χ1v) is 19.8. The Balaban J connectivity index is 0.970. The van der Waals surface area contributed by atoms with Gasteiger partial charge in [-0.2, -0.15) is 0 Å². The van der Waals surface area contributed by atoms with Crippen LogP contribution in [-0.2, 0) is 0 Å². The number of rotatable bonds is 7. The molecule has 10 aromatic carbocycles. The fraction of sp³-hybridized carbons (Fsp3) is 0. The highest BCUT2D eigenvalue weighted by atomic mass is 16.3. The molecule has 0 fully saturated rings. The van der Waals surface area contributed by atoms with Crippen LogP contribution < -0.4 is 4.90 Å². The second kappa shape index (κ2) is 14.1. The molecule has 11 rings (SSSR count). The van der Waals surface area contributed by atoms with Crippen molar-refractivity contribution in [1.29, 1.82) is 0 Å². The van der Waals surface area contributed by atoms with Gasteiger partial charge in [0.2, 0.25) is 0 Å². The maximum Gasteiger partial charge on any atom is 0.143 e. The quantitative estimate of drug-likeness (QED) is 0.162. The Morgan fingerprint density at radius 3 is 1.31 bits per heavy atom. The molecule has 0 aliphatic heterocycles.